The highest BCUT2D eigenvalue weighted by molar-refractivity contribution is 6.21. The molecule has 2 amide bonds. The van der Waals surface area contributed by atoms with Crippen molar-refractivity contribution in [3.8, 4) is 0 Å². The molecule has 7 nitrogen and oxygen atoms in total. The first-order chi connectivity index (χ1) is 11.0. The van der Waals surface area contributed by atoms with Crippen LogP contribution in [-0.2, 0) is 11.3 Å². The van der Waals surface area contributed by atoms with Crippen LogP contribution in [0.5, 0.6) is 0 Å². The molecular formula is C16H14N2O5. The van der Waals surface area contributed by atoms with E-state index in [1.165, 1.54) is 0 Å². The molecule has 0 bridgehead atoms. The Hall–Kier alpha value is -2.93. The molecule has 1 aliphatic rings. The van der Waals surface area contributed by atoms with Crippen molar-refractivity contribution in [2.75, 3.05) is 0 Å². The van der Waals surface area contributed by atoms with Crippen molar-refractivity contribution >= 4 is 17.8 Å². The van der Waals surface area contributed by atoms with Crippen molar-refractivity contribution in [2.24, 2.45) is 5.73 Å². The number of furan rings is 1. The third kappa shape index (κ3) is 2.74. The van der Waals surface area contributed by atoms with Crippen LogP contribution >= 0.6 is 0 Å². The van der Waals surface area contributed by atoms with E-state index in [1.807, 2.05) is 0 Å². The third-order valence-electron chi connectivity index (χ3n) is 3.63. The number of aliphatic carboxylic acids is 1. The number of carbonyl (C=O) groups is 3. The van der Waals surface area contributed by atoms with Crippen LogP contribution in [0.4, 0.5) is 0 Å². The van der Waals surface area contributed by atoms with Crippen molar-refractivity contribution in [3.05, 3.63) is 59.0 Å². The van der Waals surface area contributed by atoms with Gasteiger partial charge in [-0.3, -0.25) is 19.3 Å². The van der Waals surface area contributed by atoms with Crippen LogP contribution in [-0.4, -0.2) is 27.8 Å². The standard InChI is InChI=1S/C16H14N2O5/c17-12(7-14(19)20)13-6-5-9(23-13)8-18-15(21)10-3-1-2-4-11(10)16(18)22/h1-6,12H,7-8,17H2,(H,19,20). The van der Waals surface area contributed by atoms with Crippen LogP contribution in [0.2, 0.25) is 0 Å². The molecule has 3 N–H and O–H groups in total. The number of hydrogen-bond donors (Lipinski definition) is 2. The lowest BCUT2D eigenvalue weighted by molar-refractivity contribution is -0.137. The largest absolute Gasteiger partial charge is 0.481 e. The number of amides is 2. The Kier molecular flexibility index (Phi) is 3.71. The highest BCUT2D eigenvalue weighted by Gasteiger charge is 2.35. The van der Waals surface area contributed by atoms with E-state index in [9.17, 15) is 14.4 Å². The molecule has 0 spiro atoms. The number of imide groups is 1. The van der Waals surface area contributed by atoms with E-state index in [0.717, 1.165) is 4.90 Å². The van der Waals surface area contributed by atoms with E-state index in [-0.39, 0.29) is 24.8 Å². The molecule has 118 valence electrons. The summed E-state index contributed by atoms with van der Waals surface area (Å²) < 4.78 is 5.47. The van der Waals surface area contributed by atoms with E-state index < -0.39 is 12.0 Å². The average Bonchev–Trinajstić information content (AvgIpc) is 3.07. The summed E-state index contributed by atoms with van der Waals surface area (Å²) >= 11 is 0. The lowest BCUT2D eigenvalue weighted by Crippen LogP contribution is -2.28. The minimum atomic E-state index is -1.03. The Morgan fingerprint density at radius 3 is 2.30 bits per heavy atom. The zero-order valence-electron chi connectivity index (χ0n) is 12.1. The monoisotopic (exact) mass is 314 g/mol. The molecular weight excluding hydrogens is 300 g/mol. The summed E-state index contributed by atoms with van der Waals surface area (Å²) in [6.07, 6.45) is -0.264. The van der Waals surface area contributed by atoms with Gasteiger partial charge in [-0.25, -0.2) is 0 Å². The maximum Gasteiger partial charge on any atom is 0.305 e. The van der Waals surface area contributed by atoms with Crippen LogP contribution in [0.3, 0.4) is 0 Å². The number of nitrogens with two attached hydrogens (primary N) is 1. The summed E-state index contributed by atoms with van der Waals surface area (Å²) in [5, 5.41) is 8.73. The first kappa shape index (κ1) is 15.0. The number of nitrogens with zero attached hydrogens (tertiary/aromatic N) is 1. The summed E-state index contributed by atoms with van der Waals surface area (Å²) in [7, 11) is 0. The topological polar surface area (TPSA) is 114 Å². The van der Waals surface area contributed by atoms with Gasteiger partial charge in [0.2, 0.25) is 0 Å². The smallest absolute Gasteiger partial charge is 0.305 e. The van der Waals surface area contributed by atoms with Crippen molar-refractivity contribution in [1.29, 1.82) is 0 Å². The van der Waals surface area contributed by atoms with Crippen molar-refractivity contribution in [2.45, 2.75) is 19.0 Å². The van der Waals surface area contributed by atoms with Crippen molar-refractivity contribution in [3.63, 3.8) is 0 Å². The van der Waals surface area contributed by atoms with Gasteiger partial charge in [-0.2, -0.15) is 0 Å². The molecule has 0 fully saturated rings. The van der Waals surface area contributed by atoms with E-state index in [4.69, 9.17) is 15.3 Å². The number of benzene rings is 1. The summed E-state index contributed by atoms with van der Waals surface area (Å²) in [5.74, 6) is -1.11. The van der Waals surface area contributed by atoms with E-state index >= 15 is 0 Å². The van der Waals surface area contributed by atoms with Gasteiger partial charge in [-0.1, -0.05) is 12.1 Å². The van der Waals surface area contributed by atoms with Gasteiger partial charge >= 0.3 is 5.97 Å². The van der Waals surface area contributed by atoms with E-state index in [2.05, 4.69) is 0 Å². The lowest BCUT2D eigenvalue weighted by Gasteiger charge is -2.12. The number of rotatable bonds is 5. The second-order valence-corrected chi connectivity index (χ2v) is 5.25. The minimum Gasteiger partial charge on any atom is -0.481 e. The molecule has 0 radical (unpaired) electrons. The Bertz CT molecular complexity index is 760. The van der Waals surface area contributed by atoms with Gasteiger partial charge in [0.05, 0.1) is 30.1 Å². The zero-order valence-corrected chi connectivity index (χ0v) is 12.1. The normalized spacial score (nSPS) is 14.9. The van der Waals surface area contributed by atoms with E-state index in [1.54, 1.807) is 36.4 Å². The van der Waals surface area contributed by atoms with Crippen LogP contribution in [0.1, 0.15) is 44.7 Å². The van der Waals surface area contributed by atoms with Crippen molar-refractivity contribution in [1.82, 2.24) is 4.90 Å². The third-order valence-corrected chi connectivity index (χ3v) is 3.63. The lowest BCUT2D eigenvalue weighted by atomic mass is 10.1. The molecule has 0 saturated heterocycles. The number of carboxylic acid groups (broad SMARTS) is 1. The molecule has 7 heteroatoms. The molecule has 1 aliphatic heterocycles. The fourth-order valence-corrected chi connectivity index (χ4v) is 2.51. The number of hydrogen-bond acceptors (Lipinski definition) is 5. The highest BCUT2D eigenvalue weighted by atomic mass is 16.4. The van der Waals surface area contributed by atoms with Gasteiger partial charge in [-0.05, 0) is 24.3 Å². The first-order valence-electron chi connectivity index (χ1n) is 6.98. The summed E-state index contributed by atoms with van der Waals surface area (Å²) in [6, 6.07) is 8.97. The number of carbonyl (C=O) groups excluding carboxylic acids is 2. The zero-order chi connectivity index (χ0) is 16.6. The van der Waals surface area contributed by atoms with Crippen LogP contribution in [0, 0.1) is 0 Å². The second-order valence-electron chi connectivity index (χ2n) is 5.25. The molecule has 0 saturated carbocycles. The molecule has 1 unspecified atom stereocenters. The quantitative estimate of drug-likeness (QED) is 0.809. The number of carboxylic acids is 1. The van der Waals surface area contributed by atoms with Gasteiger partial charge in [0.15, 0.2) is 0 Å². The van der Waals surface area contributed by atoms with Gasteiger partial charge in [0, 0.05) is 0 Å². The Morgan fingerprint density at radius 1 is 1.13 bits per heavy atom. The summed E-state index contributed by atoms with van der Waals surface area (Å²) in [6.45, 7) is -0.0217. The predicted molar refractivity (Wildman–Crippen MR) is 78.5 cm³/mol. The molecule has 2 aromatic rings. The summed E-state index contributed by atoms with van der Waals surface area (Å²) in [4.78, 5) is 36.3. The molecule has 0 aliphatic carbocycles. The molecule has 1 aromatic heterocycles. The molecule has 2 heterocycles. The first-order valence-corrected chi connectivity index (χ1v) is 6.98. The van der Waals surface area contributed by atoms with Gasteiger partial charge in [0.25, 0.3) is 11.8 Å². The van der Waals surface area contributed by atoms with Crippen molar-refractivity contribution < 1.29 is 23.9 Å². The van der Waals surface area contributed by atoms with Crippen LogP contribution < -0.4 is 5.73 Å². The highest BCUT2D eigenvalue weighted by Crippen LogP contribution is 2.25. The minimum absolute atomic E-state index is 0.0217. The molecule has 23 heavy (non-hydrogen) atoms. The van der Waals surface area contributed by atoms with E-state index in [0.29, 0.717) is 22.6 Å². The maximum absolute atomic E-state index is 12.3. The predicted octanol–water partition coefficient (Wildman–Crippen LogP) is 1.55. The Morgan fingerprint density at radius 2 is 1.74 bits per heavy atom. The van der Waals surface area contributed by atoms with Gasteiger partial charge in [-0.15, -0.1) is 0 Å². The van der Waals surface area contributed by atoms with Crippen LogP contribution in [0.15, 0.2) is 40.8 Å². The molecule has 3 rings (SSSR count). The SMILES string of the molecule is NC(CC(=O)O)c1ccc(CN2C(=O)c3ccccc3C2=O)o1. The fourth-order valence-electron chi connectivity index (χ4n) is 2.51. The maximum atomic E-state index is 12.3. The van der Waals surface area contributed by atoms with Gasteiger partial charge < -0.3 is 15.3 Å². The Balaban J connectivity index is 1.76. The molecule has 1 atom stereocenters. The van der Waals surface area contributed by atoms with Crippen LogP contribution in [0.25, 0.3) is 0 Å². The second kappa shape index (κ2) is 5.69. The number of fused-ring (bicyclic) bond motifs is 1. The Labute approximate surface area is 131 Å². The molecule has 1 aromatic carbocycles. The van der Waals surface area contributed by atoms with Gasteiger partial charge in [0.1, 0.15) is 11.5 Å². The average molecular weight is 314 g/mol. The fraction of sp³-hybridized carbons (Fsp3) is 0.188. The summed E-state index contributed by atoms with van der Waals surface area (Å²) in [5.41, 5.74) is 6.45.